The summed E-state index contributed by atoms with van der Waals surface area (Å²) in [6, 6.07) is 10.8. The number of phenolic OH excluding ortho intramolecular Hbond substituents is 1. The first-order valence-corrected chi connectivity index (χ1v) is 12.8. The molecule has 0 bridgehead atoms. The second-order valence-corrected chi connectivity index (χ2v) is 10.8. The number of nitrogens with one attached hydrogen (secondary N) is 2. The maximum absolute atomic E-state index is 13.2. The Morgan fingerprint density at radius 1 is 1.03 bits per heavy atom. The van der Waals surface area contributed by atoms with Crippen molar-refractivity contribution >= 4 is 50.0 Å². The van der Waals surface area contributed by atoms with Crippen molar-refractivity contribution < 1.29 is 32.6 Å². The molecule has 0 radical (unpaired) electrons. The lowest BCUT2D eigenvalue weighted by molar-refractivity contribution is -0.167. The summed E-state index contributed by atoms with van der Waals surface area (Å²) >= 11 is 1.17. The van der Waals surface area contributed by atoms with Crippen LogP contribution in [0, 0.1) is 0 Å². The number of rotatable bonds is 6. The van der Waals surface area contributed by atoms with E-state index in [-0.39, 0.29) is 30.1 Å². The molecule has 0 aliphatic carbocycles. The lowest BCUT2D eigenvalue weighted by atomic mass is 10.0. The average molecular weight is 562 g/mol. The van der Waals surface area contributed by atoms with E-state index in [0.29, 0.717) is 33.0 Å². The first kappa shape index (κ1) is 28.0. The summed E-state index contributed by atoms with van der Waals surface area (Å²) in [6.07, 6.45) is -5.26. The fourth-order valence-electron chi connectivity index (χ4n) is 4.09. The minimum atomic E-state index is -5.03. The third kappa shape index (κ3) is 6.51. The zero-order valence-corrected chi connectivity index (χ0v) is 22.1. The van der Waals surface area contributed by atoms with Crippen molar-refractivity contribution in [1.29, 1.82) is 0 Å². The minimum Gasteiger partial charge on any atom is -0.506 e. The molecule has 4 rings (SSSR count). The van der Waals surface area contributed by atoms with Crippen molar-refractivity contribution in [3.8, 4) is 5.75 Å². The van der Waals surface area contributed by atoms with E-state index < -0.39 is 23.8 Å². The van der Waals surface area contributed by atoms with Gasteiger partial charge in [-0.2, -0.15) is 13.2 Å². The number of H-pyrrole nitrogens is 1. The van der Waals surface area contributed by atoms with Crippen LogP contribution in [0.3, 0.4) is 0 Å². The molecule has 0 spiro atoms. The summed E-state index contributed by atoms with van der Waals surface area (Å²) in [6.45, 7) is 5.50. The molecule has 0 aliphatic rings. The number of aromatic hydroxyl groups is 1. The predicted octanol–water partition coefficient (Wildman–Crippen LogP) is 5.93. The Labute approximate surface area is 225 Å². The highest BCUT2D eigenvalue weighted by molar-refractivity contribution is 7.17. The average Bonchev–Trinajstić information content (AvgIpc) is 3.33. The third-order valence-corrected chi connectivity index (χ3v) is 6.79. The van der Waals surface area contributed by atoms with Crippen LogP contribution < -0.4 is 10.9 Å². The number of pyridine rings is 1. The van der Waals surface area contributed by atoms with Crippen molar-refractivity contribution in [3.05, 3.63) is 69.3 Å². The Kier molecular flexibility index (Phi) is 7.60. The van der Waals surface area contributed by atoms with E-state index in [0.717, 1.165) is 5.56 Å². The van der Waals surface area contributed by atoms with Crippen LogP contribution in [0.25, 0.3) is 21.0 Å². The van der Waals surface area contributed by atoms with E-state index in [1.807, 2.05) is 5.32 Å². The fourth-order valence-corrected chi connectivity index (χ4v) is 5.00. The molecule has 4 aromatic rings. The molecule has 39 heavy (non-hydrogen) atoms. The van der Waals surface area contributed by atoms with Crippen LogP contribution in [0.2, 0.25) is 0 Å². The summed E-state index contributed by atoms with van der Waals surface area (Å²) in [5.74, 6) is -2.14. The molecule has 3 N–H and O–H groups in total. The van der Waals surface area contributed by atoms with Crippen LogP contribution in [-0.2, 0) is 22.5 Å². The second kappa shape index (κ2) is 10.6. The van der Waals surface area contributed by atoms with Gasteiger partial charge in [-0.1, -0.05) is 12.1 Å². The van der Waals surface area contributed by atoms with Crippen molar-refractivity contribution in [1.82, 2.24) is 9.88 Å². The molecule has 0 aliphatic heterocycles. The van der Waals surface area contributed by atoms with Gasteiger partial charge < -0.3 is 25.0 Å². The molecular formula is C27H26F3N3O5S. The number of alkyl halides is 3. The smallest absolute Gasteiger partial charge is 0.471 e. The summed E-state index contributed by atoms with van der Waals surface area (Å²) in [5, 5.41) is 15.0. The van der Waals surface area contributed by atoms with E-state index in [2.05, 4.69) is 4.98 Å². The standard InChI is InChI=1S/C27H26F3N3O5S/c1-26(2,3)38-25(37)33(12-10-15-5-8-20(34)22-17(15)6-9-21(35)32-22)14-16-4-7-19(23-18(16)11-13-39-23)31-24(36)27(28,29)30/h4-9,11,13,34H,10,12,14H2,1-3H3,(H,31,36)(H,32,35). The number of hydrogen-bond acceptors (Lipinski definition) is 6. The molecular weight excluding hydrogens is 535 g/mol. The number of halogens is 3. The topological polar surface area (TPSA) is 112 Å². The molecule has 206 valence electrons. The number of thiophene rings is 1. The number of hydrogen-bond donors (Lipinski definition) is 3. The monoisotopic (exact) mass is 561 g/mol. The zero-order chi connectivity index (χ0) is 28.5. The van der Waals surface area contributed by atoms with Crippen molar-refractivity contribution in [2.24, 2.45) is 0 Å². The molecule has 8 nitrogen and oxygen atoms in total. The summed E-state index contributed by atoms with van der Waals surface area (Å²) in [7, 11) is 0. The van der Waals surface area contributed by atoms with Crippen LogP contribution in [-0.4, -0.2) is 45.3 Å². The maximum atomic E-state index is 13.2. The van der Waals surface area contributed by atoms with E-state index >= 15 is 0 Å². The molecule has 2 heterocycles. The summed E-state index contributed by atoms with van der Waals surface area (Å²) in [5.41, 5.74) is 0.615. The number of carbonyl (C=O) groups excluding carboxylic acids is 2. The highest BCUT2D eigenvalue weighted by Crippen LogP contribution is 2.34. The number of anilines is 1. The molecule has 0 saturated heterocycles. The largest absolute Gasteiger partial charge is 0.506 e. The quantitative estimate of drug-likeness (QED) is 0.270. The van der Waals surface area contributed by atoms with Crippen molar-refractivity contribution in [3.63, 3.8) is 0 Å². The van der Waals surface area contributed by atoms with Gasteiger partial charge in [0.2, 0.25) is 5.56 Å². The Morgan fingerprint density at radius 3 is 2.44 bits per heavy atom. The fraction of sp³-hybridized carbons (Fsp3) is 0.296. The molecule has 0 unspecified atom stereocenters. The zero-order valence-electron chi connectivity index (χ0n) is 21.3. The molecule has 0 atom stereocenters. The maximum Gasteiger partial charge on any atom is 0.471 e. The van der Waals surface area contributed by atoms with Gasteiger partial charge in [0.05, 0.1) is 15.9 Å². The Bertz CT molecular complexity index is 1600. The summed E-state index contributed by atoms with van der Waals surface area (Å²) < 4.78 is 44.5. The number of carbonyl (C=O) groups is 2. The van der Waals surface area contributed by atoms with E-state index in [1.54, 1.807) is 50.4 Å². The van der Waals surface area contributed by atoms with Crippen molar-refractivity contribution in [2.45, 2.75) is 45.5 Å². The third-order valence-electron chi connectivity index (χ3n) is 5.84. The Balaban J connectivity index is 1.64. The van der Waals surface area contributed by atoms with Crippen LogP contribution >= 0.6 is 11.3 Å². The van der Waals surface area contributed by atoms with Crippen molar-refractivity contribution in [2.75, 3.05) is 11.9 Å². The van der Waals surface area contributed by atoms with E-state index in [4.69, 9.17) is 4.74 Å². The van der Waals surface area contributed by atoms with Crippen LogP contribution in [0.4, 0.5) is 23.7 Å². The highest BCUT2D eigenvalue weighted by Gasteiger charge is 2.39. The Morgan fingerprint density at radius 2 is 1.74 bits per heavy atom. The lowest BCUT2D eigenvalue weighted by Gasteiger charge is -2.28. The van der Waals surface area contributed by atoms with E-state index in [1.165, 1.54) is 34.4 Å². The normalized spacial score (nSPS) is 12.1. The number of amides is 2. The van der Waals surface area contributed by atoms with Gasteiger partial charge >= 0.3 is 18.2 Å². The minimum absolute atomic E-state index is 0.0273. The number of aromatic amines is 1. The highest BCUT2D eigenvalue weighted by atomic mass is 32.1. The number of nitrogens with zero attached hydrogens (tertiary/aromatic N) is 1. The predicted molar refractivity (Wildman–Crippen MR) is 143 cm³/mol. The van der Waals surface area contributed by atoms with Gasteiger partial charge in [0.25, 0.3) is 0 Å². The molecule has 12 heteroatoms. The number of benzene rings is 2. The van der Waals surface area contributed by atoms with Gasteiger partial charge in [-0.25, -0.2) is 4.79 Å². The van der Waals surface area contributed by atoms with Gasteiger partial charge in [0.15, 0.2) is 0 Å². The van der Waals surface area contributed by atoms with E-state index in [9.17, 15) is 32.7 Å². The summed E-state index contributed by atoms with van der Waals surface area (Å²) in [4.78, 5) is 40.5. The second-order valence-electron chi connectivity index (χ2n) is 9.89. The molecule has 2 amide bonds. The first-order chi connectivity index (χ1) is 18.2. The SMILES string of the molecule is CC(C)(C)OC(=O)N(CCc1ccc(O)c2[nH]c(=O)ccc12)Cc1ccc(NC(=O)C(F)(F)F)c2sccc12. The lowest BCUT2D eigenvalue weighted by Crippen LogP contribution is -2.37. The first-order valence-electron chi connectivity index (χ1n) is 11.9. The van der Waals surface area contributed by atoms with Gasteiger partial charge in [-0.05, 0) is 73.4 Å². The van der Waals surface area contributed by atoms with Gasteiger partial charge in [-0.15, -0.1) is 11.3 Å². The number of ether oxygens (including phenoxy) is 1. The van der Waals surface area contributed by atoms with Gasteiger partial charge in [-0.3, -0.25) is 9.59 Å². The molecule has 0 fully saturated rings. The van der Waals surface area contributed by atoms with Gasteiger partial charge in [0, 0.05) is 24.5 Å². The number of aromatic nitrogens is 1. The van der Waals surface area contributed by atoms with Crippen LogP contribution in [0.15, 0.2) is 52.6 Å². The molecule has 2 aromatic heterocycles. The number of phenols is 1. The van der Waals surface area contributed by atoms with Gasteiger partial charge in [0.1, 0.15) is 11.4 Å². The molecule has 0 saturated carbocycles. The Hall–Kier alpha value is -4.06. The van der Waals surface area contributed by atoms with Crippen LogP contribution in [0.5, 0.6) is 5.75 Å². The molecule has 2 aromatic carbocycles. The number of fused-ring (bicyclic) bond motifs is 2. The van der Waals surface area contributed by atoms with Crippen LogP contribution in [0.1, 0.15) is 31.9 Å².